The molecule has 13 heavy (non-hydrogen) atoms. The fourth-order valence-electron chi connectivity index (χ4n) is 1.26. The number of benzene rings is 1. The summed E-state index contributed by atoms with van der Waals surface area (Å²) in [6, 6.07) is 8.34. The first kappa shape index (κ1) is 8.21. The summed E-state index contributed by atoms with van der Waals surface area (Å²) in [5, 5.41) is 8.44. The molecule has 64 valence electrons. The van der Waals surface area contributed by atoms with E-state index >= 15 is 0 Å². The van der Waals surface area contributed by atoms with Crippen LogP contribution in [0, 0.1) is 11.3 Å². The highest BCUT2D eigenvalue weighted by atomic mass is 32.1. The fraction of sp³-hybridized carbons (Fsp3) is 0.200. The molecule has 0 atom stereocenters. The smallest absolute Gasteiger partial charge is 0.0814 e. The Kier molecular flexibility index (Phi) is 2.24. The number of nitrogens with zero attached hydrogens (tertiary/aromatic N) is 2. The minimum Gasteiger partial charge on any atom is -0.245 e. The van der Waals surface area contributed by atoms with Gasteiger partial charge in [-0.15, -0.1) is 11.3 Å². The van der Waals surface area contributed by atoms with Crippen LogP contribution < -0.4 is 0 Å². The molecule has 0 saturated heterocycles. The number of nitriles is 1. The van der Waals surface area contributed by atoms with E-state index in [2.05, 4.69) is 29.3 Å². The highest BCUT2D eigenvalue weighted by molar-refractivity contribution is 7.16. The van der Waals surface area contributed by atoms with Crippen molar-refractivity contribution < 1.29 is 0 Å². The SMILES string of the molecule is N#CCCc1ccc2scnc2c1. The van der Waals surface area contributed by atoms with Gasteiger partial charge in [-0.2, -0.15) is 5.26 Å². The number of rotatable bonds is 2. The average Bonchev–Trinajstić information content (AvgIpc) is 2.61. The molecule has 0 unspecified atom stereocenters. The Bertz CT molecular complexity index is 453. The van der Waals surface area contributed by atoms with Gasteiger partial charge in [0.1, 0.15) is 0 Å². The zero-order valence-corrected chi connectivity index (χ0v) is 7.84. The zero-order valence-electron chi connectivity index (χ0n) is 7.03. The van der Waals surface area contributed by atoms with Crippen LogP contribution in [0.1, 0.15) is 12.0 Å². The van der Waals surface area contributed by atoms with Crippen LogP contribution in [0.3, 0.4) is 0 Å². The zero-order chi connectivity index (χ0) is 9.10. The maximum atomic E-state index is 8.44. The predicted molar refractivity (Wildman–Crippen MR) is 53.6 cm³/mol. The number of hydrogen-bond donors (Lipinski definition) is 0. The molecule has 0 N–H and O–H groups in total. The van der Waals surface area contributed by atoms with Gasteiger partial charge in [-0.1, -0.05) is 6.07 Å². The maximum absolute atomic E-state index is 8.44. The lowest BCUT2D eigenvalue weighted by molar-refractivity contribution is 1.01. The highest BCUT2D eigenvalue weighted by Gasteiger charge is 1.97. The van der Waals surface area contributed by atoms with E-state index in [1.54, 1.807) is 11.3 Å². The average molecular weight is 188 g/mol. The van der Waals surface area contributed by atoms with Crippen LogP contribution in [0.5, 0.6) is 0 Å². The van der Waals surface area contributed by atoms with Crippen molar-refractivity contribution in [2.75, 3.05) is 0 Å². The molecule has 1 heterocycles. The molecule has 0 fully saturated rings. The Hall–Kier alpha value is -1.40. The summed E-state index contributed by atoms with van der Waals surface area (Å²) in [5.74, 6) is 0. The Morgan fingerprint density at radius 2 is 2.38 bits per heavy atom. The number of aryl methyl sites for hydroxylation is 1. The van der Waals surface area contributed by atoms with Crippen molar-refractivity contribution in [3.8, 4) is 6.07 Å². The molecule has 2 aromatic rings. The highest BCUT2D eigenvalue weighted by Crippen LogP contribution is 2.19. The molecule has 3 heteroatoms. The third kappa shape index (κ3) is 1.68. The first-order chi connectivity index (χ1) is 6.40. The van der Waals surface area contributed by atoms with E-state index in [0.29, 0.717) is 6.42 Å². The van der Waals surface area contributed by atoms with Crippen LogP contribution in [0.15, 0.2) is 23.7 Å². The molecular weight excluding hydrogens is 180 g/mol. The molecule has 0 aliphatic rings. The minimum atomic E-state index is 0.579. The maximum Gasteiger partial charge on any atom is 0.0814 e. The molecule has 0 aliphatic carbocycles. The van der Waals surface area contributed by atoms with Crippen LogP contribution in [-0.4, -0.2) is 4.98 Å². The summed E-state index contributed by atoms with van der Waals surface area (Å²) in [4.78, 5) is 4.22. The van der Waals surface area contributed by atoms with E-state index < -0.39 is 0 Å². The predicted octanol–water partition coefficient (Wildman–Crippen LogP) is 2.75. The van der Waals surface area contributed by atoms with Crippen LogP contribution in [0.4, 0.5) is 0 Å². The van der Waals surface area contributed by atoms with Crippen molar-refractivity contribution in [1.29, 1.82) is 5.26 Å². The van der Waals surface area contributed by atoms with Gasteiger partial charge in [0.05, 0.1) is 21.8 Å². The lowest BCUT2D eigenvalue weighted by Gasteiger charge is -1.95. The third-order valence-corrected chi connectivity index (χ3v) is 2.73. The van der Waals surface area contributed by atoms with Gasteiger partial charge in [0, 0.05) is 6.42 Å². The quantitative estimate of drug-likeness (QED) is 0.726. The van der Waals surface area contributed by atoms with E-state index in [4.69, 9.17) is 5.26 Å². The van der Waals surface area contributed by atoms with Crippen molar-refractivity contribution in [3.63, 3.8) is 0 Å². The van der Waals surface area contributed by atoms with E-state index in [9.17, 15) is 0 Å². The monoisotopic (exact) mass is 188 g/mol. The molecular formula is C10H8N2S. The summed E-state index contributed by atoms with van der Waals surface area (Å²) < 4.78 is 1.21. The van der Waals surface area contributed by atoms with E-state index in [1.165, 1.54) is 10.3 Å². The van der Waals surface area contributed by atoms with Crippen molar-refractivity contribution in [3.05, 3.63) is 29.3 Å². The van der Waals surface area contributed by atoms with Gasteiger partial charge in [-0.05, 0) is 24.1 Å². The van der Waals surface area contributed by atoms with E-state index in [0.717, 1.165) is 11.9 Å². The molecule has 0 aliphatic heterocycles. The molecule has 0 saturated carbocycles. The fourth-order valence-corrected chi connectivity index (χ4v) is 1.92. The van der Waals surface area contributed by atoms with Gasteiger partial charge >= 0.3 is 0 Å². The van der Waals surface area contributed by atoms with Gasteiger partial charge < -0.3 is 0 Å². The van der Waals surface area contributed by atoms with Crippen molar-refractivity contribution in [1.82, 2.24) is 4.98 Å². The second kappa shape index (κ2) is 3.55. The molecule has 0 amide bonds. The normalized spacial score (nSPS) is 10.1. The molecule has 0 radical (unpaired) electrons. The molecule has 1 aromatic heterocycles. The molecule has 1 aromatic carbocycles. The van der Waals surface area contributed by atoms with Crippen molar-refractivity contribution >= 4 is 21.6 Å². The van der Waals surface area contributed by atoms with Gasteiger partial charge in [-0.25, -0.2) is 4.98 Å². The number of aromatic nitrogens is 1. The number of thiazole rings is 1. The molecule has 2 nitrogen and oxygen atoms in total. The first-order valence-electron chi connectivity index (χ1n) is 4.09. The molecule has 2 rings (SSSR count). The first-order valence-corrected chi connectivity index (χ1v) is 4.97. The number of hydrogen-bond acceptors (Lipinski definition) is 3. The van der Waals surface area contributed by atoms with Crippen LogP contribution >= 0.6 is 11.3 Å². The standard InChI is InChI=1S/C10H8N2S/c11-5-1-2-8-3-4-10-9(6-8)12-7-13-10/h3-4,6-7H,1-2H2. The van der Waals surface area contributed by atoms with Crippen LogP contribution in [0.2, 0.25) is 0 Å². The van der Waals surface area contributed by atoms with Crippen molar-refractivity contribution in [2.24, 2.45) is 0 Å². The minimum absolute atomic E-state index is 0.579. The second-order valence-electron chi connectivity index (χ2n) is 2.81. The largest absolute Gasteiger partial charge is 0.245 e. The topological polar surface area (TPSA) is 36.7 Å². The van der Waals surface area contributed by atoms with Gasteiger partial charge in [0.25, 0.3) is 0 Å². The van der Waals surface area contributed by atoms with Gasteiger partial charge in [-0.3, -0.25) is 0 Å². The second-order valence-corrected chi connectivity index (χ2v) is 3.70. The number of fused-ring (bicyclic) bond motifs is 1. The Morgan fingerprint density at radius 3 is 3.23 bits per heavy atom. The Morgan fingerprint density at radius 1 is 1.46 bits per heavy atom. The summed E-state index contributed by atoms with van der Waals surface area (Å²) in [6.45, 7) is 0. The molecule has 0 bridgehead atoms. The van der Waals surface area contributed by atoms with E-state index in [1.807, 2.05) is 5.51 Å². The third-order valence-electron chi connectivity index (χ3n) is 1.92. The van der Waals surface area contributed by atoms with Crippen molar-refractivity contribution in [2.45, 2.75) is 12.8 Å². The summed E-state index contributed by atoms with van der Waals surface area (Å²) in [7, 11) is 0. The van der Waals surface area contributed by atoms with E-state index in [-0.39, 0.29) is 0 Å². The Labute approximate surface area is 80.5 Å². The van der Waals surface area contributed by atoms with Crippen LogP contribution in [0.25, 0.3) is 10.2 Å². The summed E-state index contributed by atoms with van der Waals surface area (Å²) in [6.07, 6.45) is 1.40. The summed E-state index contributed by atoms with van der Waals surface area (Å²) >= 11 is 1.64. The van der Waals surface area contributed by atoms with Crippen LogP contribution in [-0.2, 0) is 6.42 Å². The lowest BCUT2D eigenvalue weighted by atomic mass is 10.1. The summed E-state index contributed by atoms with van der Waals surface area (Å²) in [5.41, 5.74) is 4.08. The van der Waals surface area contributed by atoms with Gasteiger partial charge in [0.2, 0.25) is 0 Å². The Balaban J connectivity index is 2.33. The van der Waals surface area contributed by atoms with Gasteiger partial charge in [0.15, 0.2) is 0 Å². The molecule has 0 spiro atoms. The lowest BCUT2D eigenvalue weighted by Crippen LogP contribution is -1.82.